The third-order valence-electron chi connectivity index (χ3n) is 6.67. The summed E-state index contributed by atoms with van der Waals surface area (Å²) in [4.78, 5) is 25.2. The van der Waals surface area contributed by atoms with Gasteiger partial charge in [-0.3, -0.25) is 4.79 Å². The van der Waals surface area contributed by atoms with E-state index < -0.39 is 23.0 Å². The Balaban J connectivity index is 1.41. The summed E-state index contributed by atoms with van der Waals surface area (Å²) in [6, 6.07) is 6.78. The highest BCUT2D eigenvalue weighted by molar-refractivity contribution is 6.18. The van der Waals surface area contributed by atoms with Crippen molar-refractivity contribution in [3.8, 4) is 0 Å². The molecule has 0 aliphatic heterocycles. The molecule has 0 spiro atoms. The molecule has 5 aliphatic rings. The molecule has 4 bridgehead atoms. The highest BCUT2D eigenvalue weighted by Gasteiger charge is 2.59. The van der Waals surface area contributed by atoms with Crippen LogP contribution >= 0.6 is 0 Å². The van der Waals surface area contributed by atoms with Crippen molar-refractivity contribution in [1.82, 2.24) is 0 Å². The van der Waals surface area contributed by atoms with E-state index in [1.54, 1.807) is 24.3 Å². The largest absolute Gasteiger partial charge is 0.456 e. The van der Waals surface area contributed by atoms with Crippen molar-refractivity contribution in [3.05, 3.63) is 35.4 Å². The number of rotatable bonds is 2. The van der Waals surface area contributed by atoms with Crippen LogP contribution < -0.4 is 0 Å². The predicted molar refractivity (Wildman–Crippen MR) is 85.3 cm³/mol. The van der Waals surface area contributed by atoms with Gasteiger partial charge in [-0.05, 0) is 61.8 Å². The maximum Gasteiger partial charge on any atom is 0.353 e. The Morgan fingerprint density at radius 1 is 1.04 bits per heavy atom. The van der Waals surface area contributed by atoms with Gasteiger partial charge in [-0.15, -0.1) is 0 Å². The van der Waals surface area contributed by atoms with E-state index in [1.165, 1.54) is 19.3 Å². The molecule has 4 fully saturated rings. The number of hydrogen-bond acceptors (Lipinski definition) is 3. The van der Waals surface area contributed by atoms with Gasteiger partial charge in [0.25, 0.3) is 5.67 Å². The summed E-state index contributed by atoms with van der Waals surface area (Å²) in [5, 5.41) is 0. The molecule has 5 aliphatic carbocycles. The van der Waals surface area contributed by atoms with Gasteiger partial charge in [0.1, 0.15) is 5.60 Å². The van der Waals surface area contributed by atoms with E-state index in [0.717, 1.165) is 19.3 Å². The van der Waals surface area contributed by atoms with E-state index in [-0.39, 0.29) is 6.42 Å². The van der Waals surface area contributed by atoms with Crippen LogP contribution in [0.3, 0.4) is 0 Å². The number of ether oxygens (including phenoxy) is 1. The van der Waals surface area contributed by atoms with Gasteiger partial charge < -0.3 is 4.74 Å². The van der Waals surface area contributed by atoms with Crippen LogP contribution in [0.1, 0.15) is 54.4 Å². The number of esters is 1. The number of alkyl halides is 1. The van der Waals surface area contributed by atoms with Gasteiger partial charge in [-0.1, -0.05) is 24.3 Å². The minimum Gasteiger partial charge on any atom is -0.456 e. The summed E-state index contributed by atoms with van der Waals surface area (Å²) >= 11 is 0. The zero-order chi connectivity index (χ0) is 16.5. The Bertz CT molecular complexity index is 705. The minimum atomic E-state index is -2.53. The SMILES string of the molecule is O=C(OC12CC3CC(CC(C3)C1)C2)[C@]1(F)Cc2ccccc2C1=O. The molecule has 24 heavy (non-hydrogen) atoms. The number of hydrogen-bond donors (Lipinski definition) is 0. The van der Waals surface area contributed by atoms with Crippen LogP contribution in [0.4, 0.5) is 4.39 Å². The van der Waals surface area contributed by atoms with E-state index in [0.29, 0.717) is 28.9 Å². The first-order valence-electron chi connectivity index (χ1n) is 9.02. The second-order valence-electron chi connectivity index (χ2n) is 8.45. The monoisotopic (exact) mass is 328 g/mol. The average Bonchev–Trinajstić information content (AvgIpc) is 2.78. The number of benzene rings is 1. The quantitative estimate of drug-likeness (QED) is 0.615. The third-order valence-corrected chi connectivity index (χ3v) is 6.67. The van der Waals surface area contributed by atoms with E-state index in [2.05, 4.69) is 0 Å². The second kappa shape index (κ2) is 4.68. The first kappa shape index (κ1) is 14.6. The predicted octanol–water partition coefficient (Wildman–Crippen LogP) is 3.65. The van der Waals surface area contributed by atoms with Crippen molar-refractivity contribution in [2.45, 2.75) is 56.2 Å². The lowest BCUT2D eigenvalue weighted by molar-refractivity contribution is -0.195. The molecule has 0 heterocycles. The first-order valence-corrected chi connectivity index (χ1v) is 9.02. The first-order chi connectivity index (χ1) is 11.5. The second-order valence-corrected chi connectivity index (χ2v) is 8.45. The number of carbonyl (C=O) groups is 2. The Kier molecular flexibility index (Phi) is 2.85. The van der Waals surface area contributed by atoms with Crippen molar-refractivity contribution in [2.75, 3.05) is 0 Å². The summed E-state index contributed by atoms with van der Waals surface area (Å²) in [5.41, 5.74) is -2.12. The van der Waals surface area contributed by atoms with Gasteiger partial charge >= 0.3 is 5.97 Å². The Morgan fingerprint density at radius 2 is 1.62 bits per heavy atom. The highest BCUT2D eigenvalue weighted by Crippen LogP contribution is 2.57. The third kappa shape index (κ3) is 1.95. The molecule has 0 N–H and O–H groups in total. The van der Waals surface area contributed by atoms with E-state index in [4.69, 9.17) is 4.74 Å². The number of halogens is 1. The van der Waals surface area contributed by atoms with Gasteiger partial charge in [-0.2, -0.15) is 0 Å². The van der Waals surface area contributed by atoms with Crippen LogP contribution in [0, 0.1) is 17.8 Å². The van der Waals surface area contributed by atoms with Crippen molar-refractivity contribution >= 4 is 11.8 Å². The lowest BCUT2D eigenvalue weighted by atomic mass is 9.54. The number of carbonyl (C=O) groups excluding carboxylic acids is 2. The molecule has 0 saturated heterocycles. The van der Waals surface area contributed by atoms with Crippen molar-refractivity contribution in [1.29, 1.82) is 0 Å². The Morgan fingerprint density at radius 3 is 2.21 bits per heavy atom. The van der Waals surface area contributed by atoms with E-state index >= 15 is 4.39 Å². The Hall–Kier alpha value is -1.71. The normalized spacial score (nSPS) is 42.2. The van der Waals surface area contributed by atoms with Crippen LogP contribution in [-0.4, -0.2) is 23.0 Å². The molecule has 1 aromatic rings. The minimum absolute atomic E-state index is 0.187. The fraction of sp³-hybridized carbons (Fsp3) is 0.600. The number of fused-ring (bicyclic) bond motifs is 1. The molecular formula is C20H21FO3. The van der Waals surface area contributed by atoms with Gasteiger partial charge in [0, 0.05) is 12.0 Å². The maximum absolute atomic E-state index is 15.4. The summed E-state index contributed by atoms with van der Waals surface area (Å²) in [5.74, 6) is 0.141. The van der Waals surface area contributed by atoms with Gasteiger partial charge in [0.05, 0.1) is 0 Å². The maximum atomic E-state index is 15.4. The topological polar surface area (TPSA) is 43.4 Å². The fourth-order valence-electron chi connectivity index (χ4n) is 6.05. The van der Waals surface area contributed by atoms with Gasteiger partial charge in [-0.25, -0.2) is 9.18 Å². The zero-order valence-corrected chi connectivity index (χ0v) is 13.6. The lowest BCUT2D eigenvalue weighted by Gasteiger charge is -2.55. The standard InChI is InChI=1S/C20H21FO3/c21-20(11-15-3-1-2-4-16(15)17(20)22)18(23)24-19-8-12-5-13(9-19)7-14(6-12)10-19/h1-4,12-14H,5-11H2/t12?,13?,14?,19?,20-/m0/s1. The molecule has 126 valence electrons. The molecule has 1 aromatic carbocycles. The molecular weight excluding hydrogens is 307 g/mol. The molecule has 0 unspecified atom stereocenters. The molecule has 4 saturated carbocycles. The smallest absolute Gasteiger partial charge is 0.353 e. The number of Topliss-reactive ketones (excluding diaryl/α,β-unsaturated/α-hetero) is 1. The summed E-state index contributed by atoms with van der Waals surface area (Å²) in [7, 11) is 0. The Labute approximate surface area is 140 Å². The van der Waals surface area contributed by atoms with Crippen LogP contribution in [-0.2, 0) is 16.0 Å². The van der Waals surface area contributed by atoms with Gasteiger partial charge in [0.2, 0.25) is 5.78 Å². The van der Waals surface area contributed by atoms with Crippen LogP contribution in [0.15, 0.2) is 24.3 Å². The van der Waals surface area contributed by atoms with Crippen molar-refractivity contribution < 1.29 is 18.7 Å². The number of ketones is 1. The summed E-state index contributed by atoms with van der Waals surface area (Å²) in [6.45, 7) is 0. The van der Waals surface area contributed by atoms with E-state index in [9.17, 15) is 9.59 Å². The van der Waals surface area contributed by atoms with Gasteiger partial charge in [0.15, 0.2) is 0 Å². The highest BCUT2D eigenvalue weighted by atomic mass is 19.1. The molecule has 4 heteroatoms. The fourth-order valence-corrected chi connectivity index (χ4v) is 6.05. The van der Waals surface area contributed by atoms with Crippen LogP contribution in [0.2, 0.25) is 0 Å². The molecule has 3 nitrogen and oxygen atoms in total. The van der Waals surface area contributed by atoms with Crippen molar-refractivity contribution in [3.63, 3.8) is 0 Å². The zero-order valence-electron chi connectivity index (χ0n) is 13.6. The molecule has 1 atom stereocenters. The van der Waals surface area contributed by atoms with Crippen LogP contribution in [0.25, 0.3) is 0 Å². The van der Waals surface area contributed by atoms with Crippen molar-refractivity contribution in [2.24, 2.45) is 17.8 Å². The molecule has 0 radical (unpaired) electrons. The molecule has 0 aromatic heterocycles. The molecule has 0 amide bonds. The average molecular weight is 328 g/mol. The lowest BCUT2D eigenvalue weighted by Crippen LogP contribution is -2.55. The van der Waals surface area contributed by atoms with Crippen LogP contribution in [0.5, 0.6) is 0 Å². The molecule has 6 rings (SSSR count). The van der Waals surface area contributed by atoms with E-state index in [1.807, 2.05) is 0 Å². The summed E-state index contributed by atoms with van der Waals surface area (Å²) < 4.78 is 21.2. The summed E-state index contributed by atoms with van der Waals surface area (Å²) in [6.07, 6.45) is 6.03.